The normalized spacial score (nSPS) is 10.9. The number of ether oxygens (including phenoxy) is 2. The number of hydrogen-bond acceptors (Lipinski definition) is 4. The predicted octanol–water partition coefficient (Wildman–Crippen LogP) is 5.70. The number of carbonyl (C=O) groups excluding carboxylic acids is 1. The van der Waals surface area contributed by atoms with E-state index in [1.807, 2.05) is 0 Å². The fourth-order valence-corrected chi connectivity index (χ4v) is 2.89. The Morgan fingerprint density at radius 1 is 1.07 bits per heavy atom. The summed E-state index contributed by atoms with van der Waals surface area (Å²) >= 11 is 5.90. The maximum Gasteiger partial charge on any atom is 0.315 e. The number of carbonyl (C=O) groups is 1. The highest BCUT2D eigenvalue weighted by atomic mass is 35.5. The van der Waals surface area contributed by atoms with Gasteiger partial charge in [-0.15, -0.1) is 0 Å². The standard InChI is InChI=1S/C24H17ClFNO3/c1-29-23-13-17(12-19(15-27)18-5-7-20(25)8-6-18)4-11-22(23)30-24(28)14-16-2-9-21(26)10-3-16/h2-13H,14H2,1H3/b19-12-. The van der Waals surface area contributed by atoms with Gasteiger partial charge in [0.25, 0.3) is 0 Å². The van der Waals surface area contributed by atoms with Crippen LogP contribution in [-0.4, -0.2) is 13.1 Å². The van der Waals surface area contributed by atoms with Crippen LogP contribution in [0.5, 0.6) is 11.5 Å². The summed E-state index contributed by atoms with van der Waals surface area (Å²) in [6.07, 6.45) is 1.70. The molecule has 3 aromatic rings. The lowest BCUT2D eigenvalue weighted by Crippen LogP contribution is -2.12. The van der Waals surface area contributed by atoms with E-state index in [4.69, 9.17) is 21.1 Å². The predicted molar refractivity (Wildman–Crippen MR) is 114 cm³/mol. The van der Waals surface area contributed by atoms with E-state index < -0.39 is 5.97 Å². The van der Waals surface area contributed by atoms with Crippen molar-refractivity contribution in [2.75, 3.05) is 7.11 Å². The van der Waals surface area contributed by atoms with Gasteiger partial charge in [-0.2, -0.15) is 5.26 Å². The Hall–Kier alpha value is -3.62. The Labute approximate surface area is 178 Å². The molecule has 3 rings (SSSR count). The second kappa shape index (κ2) is 9.73. The van der Waals surface area contributed by atoms with Crippen LogP contribution < -0.4 is 9.47 Å². The quantitative estimate of drug-likeness (QED) is 0.222. The first-order chi connectivity index (χ1) is 14.5. The zero-order valence-electron chi connectivity index (χ0n) is 16.1. The summed E-state index contributed by atoms with van der Waals surface area (Å²) in [7, 11) is 1.46. The Balaban J connectivity index is 1.78. The van der Waals surface area contributed by atoms with Gasteiger partial charge in [-0.25, -0.2) is 4.39 Å². The summed E-state index contributed by atoms with van der Waals surface area (Å²) in [4.78, 5) is 12.2. The SMILES string of the molecule is COc1cc(/C=C(/C#N)c2ccc(Cl)cc2)ccc1OC(=O)Cc1ccc(F)cc1. The van der Waals surface area contributed by atoms with Crippen molar-refractivity contribution in [2.45, 2.75) is 6.42 Å². The van der Waals surface area contributed by atoms with Gasteiger partial charge in [0, 0.05) is 5.02 Å². The second-order valence-electron chi connectivity index (χ2n) is 6.36. The molecule has 0 aromatic heterocycles. The number of halogens is 2. The molecule has 150 valence electrons. The third-order valence-corrected chi connectivity index (χ3v) is 4.51. The van der Waals surface area contributed by atoms with Crippen LogP contribution in [0.1, 0.15) is 16.7 Å². The third-order valence-electron chi connectivity index (χ3n) is 4.26. The molecule has 0 heterocycles. The van der Waals surface area contributed by atoms with Gasteiger partial charge in [0.15, 0.2) is 11.5 Å². The minimum absolute atomic E-state index is 0.000234. The van der Waals surface area contributed by atoms with E-state index in [0.717, 1.165) is 5.56 Å². The van der Waals surface area contributed by atoms with E-state index in [1.165, 1.54) is 31.4 Å². The Bertz CT molecular complexity index is 1120. The van der Waals surface area contributed by atoms with Crippen LogP contribution in [0.2, 0.25) is 5.02 Å². The Morgan fingerprint density at radius 3 is 2.40 bits per heavy atom. The molecule has 0 bridgehead atoms. The van der Waals surface area contributed by atoms with Gasteiger partial charge in [-0.05, 0) is 59.2 Å². The Morgan fingerprint density at radius 2 is 1.77 bits per heavy atom. The smallest absolute Gasteiger partial charge is 0.315 e. The molecule has 0 saturated heterocycles. The van der Waals surface area contributed by atoms with Crippen LogP contribution in [0.25, 0.3) is 11.6 Å². The lowest BCUT2D eigenvalue weighted by molar-refractivity contribution is -0.133. The molecule has 0 aliphatic heterocycles. The summed E-state index contributed by atoms with van der Waals surface area (Å²) in [6.45, 7) is 0. The number of nitrogens with zero attached hydrogens (tertiary/aromatic N) is 1. The number of benzene rings is 3. The number of methoxy groups -OCH3 is 1. The minimum atomic E-state index is -0.498. The van der Waals surface area contributed by atoms with Crippen LogP contribution >= 0.6 is 11.6 Å². The summed E-state index contributed by atoms with van der Waals surface area (Å²) in [5.41, 5.74) is 2.53. The highest BCUT2D eigenvalue weighted by Gasteiger charge is 2.12. The van der Waals surface area contributed by atoms with E-state index in [-0.39, 0.29) is 18.0 Å². The number of rotatable bonds is 6. The number of hydrogen-bond donors (Lipinski definition) is 0. The molecule has 0 aliphatic carbocycles. The molecular weight excluding hydrogens is 405 g/mol. The van der Waals surface area contributed by atoms with E-state index >= 15 is 0 Å². The summed E-state index contributed by atoms with van der Waals surface area (Å²) in [5.74, 6) is -0.258. The zero-order valence-corrected chi connectivity index (χ0v) is 16.8. The third kappa shape index (κ3) is 5.47. The van der Waals surface area contributed by atoms with Crippen molar-refractivity contribution in [1.29, 1.82) is 5.26 Å². The minimum Gasteiger partial charge on any atom is -0.493 e. The molecule has 0 radical (unpaired) electrons. The van der Waals surface area contributed by atoms with Crippen molar-refractivity contribution in [3.8, 4) is 17.6 Å². The molecule has 0 aliphatic rings. The topological polar surface area (TPSA) is 59.3 Å². The van der Waals surface area contributed by atoms with Gasteiger partial charge in [0.05, 0.1) is 25.2 Å². The van der Waals surface area contributed by atoms with Crippen LogP contribution in [0.15, 0.2) is 66.7 Å². The fourth-order valence-electron chi connectivity index (χ4n) is 2.76. The molecule has 0 spiro atoms. The lowest BCUT2D eigenvalue weighted by atomic mass is 10.0. The number of nitriles is 1. The molecule has 30 heavy (non-hydrogen) atoms. The van der Waals surface area contributed by atoms with Crippen molar-refractivity contribution in [1.82, 2.24) is 0 Å². The monoisotopic (exact) mass is 421 g/mol. The first-order valence-electron chi connectivity index (χ1n) is 8.99. The summed E-state index contributed by atoms with van der Waals surface area (Å²) in [5, 5.41) is 10.1. The molecule has 0 N–H and O–H groups in total. The molecule has 4 nitrogen and oxygen atoms in total. The highest BCUT2D eigenvalue weighted by Crippen LogP contribution is 2.30. The van der Waals surface area contributed by atoms with Crippen molar-refractivity contribution in [2.24, 2.45) is 0 Å². The molecular formula is C24H17ClFNO3. The summed E-state index contributed by atoms with van der Waals surface area (Å²) < 4.78 is 23.7. The largest absolute Gasteiger partial charge is 0.493 e. The molecule has 6 heteroatoms. The van der Waals surface area contributed by atoms with E-state index in [2.05, 4.69) is 6.07 Å². The number of allylic oxidation sites excluding steroid dienone is 1. The van der Waals surface area contributed by atoms with E-state index in [9.17, 15) is 14.4 Å². The van der Waals surface area contributed by atoms with Crippen molar-refractivity contribution >= 4 is 29.2 Å². The molecule has 0 saturated carbocycles. The van der Waals surface area contributed by atoms with Crippen molar-refractivity contribution < 1.29 is 18.7 Å². The van der Waals surface area contributed by atoms with Crippen LogP contribution in [0, 0.1) is 17.1 Å². The summed E-state index contributed by atoms with van der Waals surface area (Å²) in [6, 6.07) is 19.8. The maximum absolute atomic E-state index is 13.0. The molecule has 0 atom stereocenters. The number of esters is 1. The fraction of sp³-hybridized carbons (Fsp3) is 0.0833. The van der Waals surface area contributed by atoms with Crippen LogP contribution in [0.3, 0.4) is 0 Å². The van der Waals surface area contributed by atoms with Gasteiger partial charge >= 0.3 is 5.97 Å². The first kappa shape index (κ1) is 21.1. The highest BCUT2D eigenvalue weighted by molar-refractivity contribution is 6.30. The average Bonchev–Trinajstić information content (AvgIpc) is 2.75. The molecule has 0 fully saturated rings. The van der Waals surface area contributed by atoms with Gasteiger partial charge in [-0.1, -0.05) is 41.9 Å². The first-order valence-corrected chi connectivity index (χ1v) is 9.37. The van der Waals surface area contributed by atoms with Gasteiger partial charge in [0.1, 0.15) is 5.82 Å². The second-order valence-corrected chi connectivity index (χ2v) is 6.80. The molecule has 0 amide bonds. The lowest BCUT2D eigenvalue weighted by Gasteiger charge is -2.10. The van der Waals surface area contributed by atoms with Crippen molar-refractivity contribution in [3.63, 3.8) is 0 Å². The van der Waals surface area contributed by atoms with E-state index in [1.54, 1.807) is 48.5 Å². The molecule has 3 aromatic carbocycles. The maximum atomic E-state index is 13.0. The van der Waals surface area contributed by atoms with Crippen LogP contribution in [-0.2, 0) is 11.2 Å². The molecule has 0 unspecified atom stereocenters. The van der Waals surface area contributed by atoms with Gasteiger partial charge < -0.3 is 9.47 Å². The Kier molecular flexibility index (Phi) is 6.84. The average molecular weight is 422 g/mol. The van der Waals surface area contributed by atoms with Gasteiger partial charge in [-0.3, -0.25) is 4.79 Å². The van der Waals surface area contributed by atoms with Gasteiger partial charge in [0.2, 0.25) is 0 Å². The van der Waals surface area contributed by atoms with Crippen LogP contribution in [0.4, 0.5) is 4.39 Å². The van der Waals surface area contributed by atoms with E-state index in [0.29, 0.717) is 27.5 Å². The van der Waals surface area contributed by atoms with Crippen molar-refractivity contribution in [3.05, 3.63) is 94.3 Å². The zero-order chi connectivity index (χ0) is 21.5.